The Morgan fingerprint density at radius 1 is 0.947 bits per heavy atom. The van der Waals surface area contributed by atoms with Gasteiger partial charge in [-0.1, -0.05) is 24.3 Å². The second-order valence-corrected chi connectivity index (χ2v) is 4.90. The molecule has 3 rings (SSSR count). The third-order valence-corrected chi connectivity index (χ3v) is 3.63. The predicted octanol–water partition coefficient (Wildman–Crippen LogP) is 4.37. The fourth-order valence-corrected chi connectivity index (χ4v) is 2.17. The molecule has 1 aromatic heterocycles. The van der Waals surface area contributed by atoms with Gasteiger partial charge in [-0.15, -0.1) is 0 Å². The Morgan fingerprint density at radius 3 is 2.68 bits per heavy atom. The highest BCUT2D eigenvalue weighted by Gasteiger charge is 2.06. The molecule has 1 heterocycles. The average molecular weight is 315 g/mol. The highest BCUT2D eigenvalue weighted by Crippen LogP contribution is 2.33. The van der Waals surface area contributed by atoms with Crippen molar-refractivity contribution in [3.63, 3.8) is 0 Å². The number of ether oxygens (including phenoxy) is 1. The van der Waals surface area contributed by atoms with Crippen LogP contribution in [0, 0.1) is 0 Å². The number of anilines is 1. The molecule has 4 heteroatoms. The van der Waals surface area contributed by atoms with Gasteiger partial charge in [0.25, 0.3) is 0 Å². The van der Waals surface area contributed by atoms with Crippen molar-refractivity contribution < 1.29 is 4.74 Å². The Morgan fingerprint density at radius 2 is 1.79 bits per heavy atom. The summed E-state index contributed by atoms with van der Waals surface area (Å²) in [6, 6.07) is 17.2. The van der Waals surface area contributed by atoms with Gasteiger partial charge in [-0.3, -0.25) is 0 Å². The van der Waals surface area contributed by atoms with Crippen LogP contribution in [0.3, 0.4) is 0 Å². The SMILES string of the molecule is Nc1cccc(Oc2ccc3ccccc3n2)c1Br. The van der Waals surface area contributed by atoms with Gasteiger partial charge in [0, 0.05) is 17.1 Å². The van der Waals surface area contributed by atoms with E-state index in [0.717, 1.165) is 15.4 Å². The zero-order valence-electron chi connectivity index (χ0n) is 10.0. The lowest BCUT2D eigenvalue weighted by atomic mass is 10.2. The second kappa shape index (κ2) is 4.90. The molecule has 0 unspecified atom stereocenters. The molecule has 19 heavy (non-hydrogen) atoms. The summed E-state index contributed by atoms with van der Waals surface area (Å²) in [5.74, 6) is 1.20. The van der Waals surface area contributed by atoms with Gasteiger partial charge in [-0.05, 0) is 40.2 Å². The van der Waals surface area contributed by atoms with Gasteiger partial charge < -0.3 is 10.5 Å². The number of nitrogens with two attached hydrogens (primary N) is 1. The number of fused-ring (bicyclic) bond motifs is 1. The van der Waals surface area contributed by atoms with Gasteiger partial charge in [0.05, 0.1) is 9.99 Å². The third kappa shape index (κ3) is 2.39. The number of nitrogen functional groups attached to an aromatic ring is 1. The molecule has 0 atom stereocenters. The molecular formula is C15H11BrN2O. The van der Waals surface area contributed by atoms with Crippen molar-refractivity contribution in [3.8, 4) is 11.6 Å². The number of benzene rings is 2. The zero-order chi connectivity index (χ0) is 13.2. The summed E-state index contributed by atoms with van der Waals surface area (Å²) in [6.45, 7) is 0. The molecule has 0 saturated heterocycles. The van der Waals surface area contributed by atoms with E-state index in [1.807, 2.05) is 54.6 Å². The summed E-state index contributed by atoms with van der Waals surface area (Å²) >= 11 is 3.41. The van der Waals surface area contributed by atoms with Crippen molar-refractivity contribution in [3.05, 3.63) is 59.1 Å². The van der Waals surface area contributed by atoms with E-state index in [0.29, 0.717) is 17.3 Å². The molecule has 2 aromatic carbocycles. The molecule has 0 radical (unpaired) electrons. The smallest absolute Gasteiger partial charge is 0.219 e. The minimum absolute atomic E-state index is 0.546. The van der Waals surface area contributed by atoms with E-state index >= 15 is 0 Å². The van der Waals surface area contributed by atoms with E-state index in [1.165, 1.54) is 0 Å². The largest absolute Gasteiger partial charge is 0.438 e. The quantitative estimate of drug-likeness (QED) is 0.714. The maximum Gasteiger partial charge on any atom is 0.219 e. The Labute approximate surface area is 119 Å². The van der Waals surface area contributed by atoms with Gasteiger partial charge in [0.1, 0.15) is 5.75 Å². The van der Waals surface area contributed by atoms with E-state index in [9.17, 15) is 0 Å². The fraction of sp³-hybridized carbons (Fsp3) is 0. The molecule has 0 aliphatic carbocycles. The first-order valence-electron chi connectivity index (χ1n) is 5.82. The first kappa shape index (κ1) is 12.0. The molecule has 0 saturated carbocycles. The Kier molecular flexibility index (Phi) is 3.09. The Balaban J connectivity index is 1.99. The molecule has 0 spiro atoms. The van der Waals surface area contributed by atoms with Crippen LogP contribution in [0.25, 0.3) is 10.9 Å². The lowest BCUT2D eigenvalue weighted by Gasteiger charge is -2.08. The van der Waals surface area contributed by atoms with Gasteiger partial charge in [0.2, 0.25) is 5.88 Å². The molecule has 0 fully saturated rings. The van der Waals surface area contributed by atoms with E-state index in [4.69, 9.17) is 10.5 Å². The molecule has 0 amide bonds. The van der Waals surface area contributed by atoms with Crippen LogP contribution in [0.1, 0.15) is 0 Å². The molecule has 94 valence electrons. The number of pyridine rings is 1. The fourth-order valence-electron chi connectivity index (χ4n) is 1.82. The molecule has 0 aliphatic heterocycles. The highest BCUT2D eigenvalue weighted by molar-refractivity contribution is 9.10. The number of nitrogens with zero attached hydrogens (tertiary/aromatic N) is 1. The van der Waals surface area contributed by atoms with Crippen LogP contribution in [0.5, 0.6) is 11.6 Å². The number of hydrogen-bond donors (Lipinski definition) is 1. The van der Waals surface area contributed by atoms with Crippen molar-refractivity contribution >= 4 is 32.5 Å². The number of hydrogen-bond acceptors (Lipinski definition) is 3. The van der Waals surface area contributed by atoms with Crippen molar-refractivity contribution in [2.24, 2.45) is 0 Å². The van der Waals surface area contributed by atoms with Gasteiger partial charge in [-0.25, -0.2) is 4.98 Å². The number of rotatable bonds is 2. The minimum atomic E-state index is 0.546. The molecule has 3 aromatic rings. The summed E-state index contributed by atoms with van der Waals surface area (Å²) in [5, 5.41) is 1.08. The van der Waals surface area contributed by atoms with Crippen LogP contribution in [0.15, 0.2) is 59.1 Å². The lowest BCUT2D eigenvalue weighted by molar-refractivity contribution is 0.462. The number of aromatic nitrogens is 1. The monoisotopic (exact) mass is 314 g/mol. The van der Waals surface area contributed by atoms with Crippen LogP contribution in [0.2, 0.25) is 0 Å². The second-order valence-electron chi connectivity index (χ2n) is 4.10. The normalized spacial score (nSPS) is 10.6. The summed E-state index contributed by atoms with van der Waals surface area (Å²) in [6.07, 6.45) is 0. The zero-order valence-corrected chi connectivity index (χ0v) is 11.6. The molecule has 3 nitrogen and oxygen atoms in total. The maximum absolute atomic E-state index is 5.82. The molecule has 2 N–H and O–H groups in total. The van der Waals surface area contributed by atoms with Crippen LogP contribution in [0.4, 0.5) is 5.69 Å². The van der Waals surface area contributed by atoms with Crippen LogP contribution in [-0.2, 0) is 0 Å². The van der Waals surface area contributed by atoms with Gasteiger partial charge in [0.15, 0.2) is 0 Å². The summed E-state index contributed by atoms with van der Waals surface area (Å²) in [7, 11) is 0. The van der Waals surface area contributed by atoms with Crippen molar-refractivity contribution in [2.45, 2.75) is 0 Å². The van der Waals surface area contributed by atoms with E-state index in [2.05, 4.69) is 20.9 Å². The molecular weight excluding hydrogens is 304 g/mol. The van der Waals surface area contributed by atoms with Gasteiger partial charge >= 0.3 is 0 Å². The number of para-hydroxylation sites is 1. The summed E-state index contributed by atoms with van der Waals surface area (Å²) in [5.41, 5.74) is 7.36. The minimum Gasteiger partial charge on any atom is -0.438 e. The maximum atomic E-state index is 5.82. The average Bonchev–Trinajstić information content (AvgIpc) is 2.44. The highest BCUT2D eigenvalue weighted by atomic mass is 79.9. The first-order chi connectivity index (χ1) is 9.24. The molecule has 0 aliphatic rings. The van der Waals surface area contributed by atoms with E-state index < -0.39 is 0 Å². The molecule has 0 bridgehead atoms. The lowest BCUT2D eigenvalue weighted by Crippen LogP contribution is -1.92. The van der Waals surface area contributed by atoms with Gasteiger partial charge in [-0.2, -0.15) is 0 Å². The first-order valence-corrected chi connectivity index (χ1v) is 6.61. The Bertz CT molecular complexity index is 743. The summed E-state index contributed by atoms with van der Waals surface area (Å²) in [4.78, 5) is 4.46. The van der Waals surface area contributed by atoms with Crippen LogP contribution >= 0.6 is 15.9 Å². The standard InChI is InChI=1S/C15H11BrN2O/c16-15-11(17)5-3-7-13(15)19-14-9-8-10-4-1-2-6-12(10)18-14/h1-9H,17H2. The van der Waals surface area contributed by atoms with Crippen molar-refractivity contribution in [2.75, 3.05) is 5.73 Å². The third-order valence-electron chi connectivity index (χ3n) is 2.78. The Hall–Kier alpha value is -2.07. The van der Waals surface area contributed by atoms with Crippen molar-refractivity contribution in [1.29, 1.82) is 0 Å². The van der Waals surface area contributed by atoms with E-state index in [-0.39, 0.29) is 0 Å². The topological polar surface area (TPSA) is 48.1 Å². The van der Waals surface area contributed by atoms with E-state index in [1.54, 1.807) is 0 Å². The van der Waals surface area contributed by atoms with Crippen LogP contribution in [-0.4, -0.2) is 4.98 Å². The predicted molar refractivity (Wildman–Crippen MR) is 80.4 cm³/mol. The summed E-state index contributed by atoms with van der Waals surface area (Å²) < 4.78 is 6.50. The van der Waals surface area contributed by atoms with Crippen LogP contribution < -0.4 is 10.5 Å². The number of halogens is 1. The van der Waals surface area contributed by atoms with Crippen molar-refractivity contribution in [1.82, 2.24) is 4.98 Å².